The Kier molecular flexibility index (Phi) is 3.33. The Balaban J connectivity index is 2.56. The Morgan fingerprint density at radius 3 is 2.75 bits per heavy atom. The number of halogens is 1. The van der Waals surface area contributed by atoms with Gasteiger partial charge in [0.25, 0.3) is 0 Å². The third kappa shape index (κ3) is 1.71. The van der Waals surface area contributed by atoms with Gasteiger partial charge in [0.2, 0.25) is 0 Å². The minimum absolute atomic E-state index is 0.0566. The van der Waals surface area contributed by atoms with Gasteiger partial charge in [0.05, 0.1) is 5.54 Å². The van der Waals surface area contributed by atoms with Gasteiger partial charge in [0, 0.05) is 12.1 Å². The number of rotatable bonds is 3. The second kappa shape index (κ2) is 4.08. The van der Waals surface area contributed by atoms with E-state index in [4.69, 9.17) is 11.6 Å². The van der Waals surface area contributed by atoms with E-state index in [9.17, 15) is 0 Å². The molecule has 1 fully saturated rings. The Morgan fingerprint density at radius 2 is 2.42 bits per heavy atom. The van der Waals surface area contributed by atoms with Crippen LogP contribution in [0.25, 0.3) is 0 Å². The van der Waals surface area contributed by atoms with Crippen LogP contribution in [-0.4, -0.2) is 17.6 Å². The molecule has 0 aliphatic heterocycles. The zero-order valence-corrected chi connectivity index (χ0v) is 8.51. The Bertz CT molecular complexity index is 194. The third-order valence-electron chi connectivity index (χ3n) is 2.77. The maximum atomic E-state index is 5.90. The Labute approximate surface area is 79.5 Å². The summed E-state index contributed by atoms with van der Waals surface area (Å²) in [6.45, 7) is 4.21. The zero-order valence-electron chi connectivity index (χ0n) is 7.76. The van der Waals surface area contributed by atoms with Crippen molar-refractivity contribution in [1.82, 2.24) is 0 Å². The monoisotopic (exact) mass is 185 g/mol. The van der Waals surface area contributed by atoms with Gasteiger partial charge in [-0.2, -0.15) is 0 Å². The molecule has 68 valence electrons. The number of alkyl halides is 1. The minimum Gasteiger partial charge on any atom is -0.285 e. The van der Waals surface area contributed by atoms with Crippen LogP contribution in [0.15, 0.2) is 17.1 Å². The number of hydrogen-bond acceptors (Lipinski definition) is 1. The minimum atomic E-state index is 0.0566. The highest BCUT2D eigenvalue weighted by molar-refractivity contribution is 6.18. The second-order valence-electron chi connectivity index (χ2n) is 3.48. The van der Waals surface area contributed by atoms with E-state index in [1.807, 2.05) is 25.3 Å². The van der Waals surface area contributed by atoms with Crippen LogP contribution >= 0.6 is 11.6 Å². The van der Waals surface area contributed by atoms with Crippen LogP contribution in [0.5, 0.6) is 0 Å². The normalized spacial score (nSPS) is 36.1. The van der Waals surface area contributed by atoms with E-state index in [1.165, 1.54) is 6.42 Å². The van der Waals surface area contributed by atoms with Crippen LogP contribution in [0, 0.1) is 5.92 Å². The first kappa shape index (κ1) is 9.79. The lowest BCUT2D eigenvalue weighted by atomic mass is 9.69. The summed E-state index contributed by atoms with van der Waals surface area (Å²) in [6.07, 6.45) is 8.22. The van der Waals surface area contributed by atoms with Gasteiger partial charge in [-0.15, -0.1) is 11.6 Å². The SMILES string of the molecule is C/C=C\C=N/C1(CCl)CCC1C. The summed E-state index contributed by atoms with van der Waals surface area (Å²) < 4.78 is 0. The molecule has 12 heavy (non-hydrogen) atoms. The lowest BCUT2D eigenvalue weighted by Gasteiger charge is -2.43. The van der Waals surface area contributed by atoms with E-state index < -0.39 is 0 Å². The van der Waals surface area contributed by atoms with Crippen molar-refractivity contribution in [3.63, 3.8) is 0 Å². The van der Waals surface area contributed by atoms with Gasteiger partial charge in [-0.1, -0.05) is 13.0 Å². The smallest absolute Gasteiger partial charge is 0.0768 e. The van der Waals surface area contributed by atoms with E-state index >= 15 is 0 Å². The molecule has 1 aliphatic carbocycles. The summed E-state index contributed by atoms with van der Waals surface area (Å²) in [4.78, 5) is 4.51. The second-order valence-corrected chi connectivity index (χ2v) is 3.75. The lowest BCUT2D eigenvalue weighted by Crippen LogP contribution is -2.45. The molecule has 0 bridgehead atoms. The van der Waals surface area contributed by atoms with Crippen LogP contribution in [-0.2, 0) is 0 Å². The first-order chi connectivity index (χ1) is 5.75. The molecule has 0 aromatic rings. The summed E-state index contributed by atoms with van der Waals surface area (Å²) >= 11 is 5.90. The maximum absolute atomic E-state index is 5.90. The molecule has 0 heterocycles. The van der Waals surface area contributed by atoms with Gasteiger partial charge >= 0.3 is 0 Å². The molecule has 1 rings (SSSR count). The van der Waals surface area contributed by atoms with E-state index in [-0.39, 0.29) is 5.54 Å². The van der Waals surface area contributed by atoms with E-state index in [0.717, 1.165) is 6.42 Å². The van der Waals surface area contributed by atoms with E-state index in [0.29, 0.717) is 11.8 Å². The fraction of sp³-hybridized carbons (Fsp3) is 0.700. The fourth-order valence-electron chi connectivity index (χ4n) is 1.47. The molecule has 2 atom stereocenters. The highest BCUT2D eigenvalue weighted by Crippen LogP contribution is 2.42. The standard InChI is InChI=1S/C10H16ClN/c1-3-4-7-12-10(8-11)6-5-9(10)2/h3-4,7,9H,5-6,8H2,1-2H3/b4-3-,12-7-. The first-order valence-electron chi connectivity index (χ1n) is 4.47. The van der Waals surface area contributed by atoms with Gasteiger partial charge in [-0.05, 0) is 31.8 Å². The summed E-state index contributed by atoms with van der Waals surface area (Å²) in [7, 11) is 0. The number of nitrogens with zero attached hydrogens (tertiary/aromatic N) is 1. The van der Waals surface area contributed by atoms with Crippen molar-refractivity contribution in [1.29, 1.82) is 0 Å². The van der Waals surface area contributed by atoms with E-state index in [1.54, 1.807) is 0 Å². The fourth-order valence-corrected chi connectivity index (χ4v) is 1.93. The average Bonchev–Trinajstić information content (AvgIpc) is 2.10. The summed E-state index contributed by atoms with van der Waals surface area (Å²) in [5.41, 5.74) is 0.0566. The predicted octanol–water partition coefficient (Wildman–Crippen LogP) is 3.04. The summed E-state index contributed by atoms with van der Waals surface area (Å²) in [5.74, 6) is 1.30. The highest BCUT2D eigenvalue weighted by atomic mass is 35.5. The largest absolute Gasteiger partial charge is 0.285 e. The van der Waals surface area contributed by atoms with Crippen molar-refractivity contribution >= 4 is 17.8 Å². The highest BCUT2D eigenvalue weighted by Gasteiger charge is 2.42. The quantitative estimate of drug-likeness (QED) is 0.474. The summed E-state index contributed by atoms with van der Waals surface area (Å²) in [6, 6.07) is 0. The lowest BCUT2D eigenvalue weighted by molar-refractivity contribution is 0.174. The number of hydrogen-bond donors (Lipinski definition) is 0. The van der Waals surface area contributed by atoms with Crippen molar-refractivity contribution in [3.8, 4) is 0 Å². The third-order valence-corrected chi connectivity index (χ3v) is 3.23. The van der Waals surface area contributed by atoms with Crippen LogP contribution in [0.3, 0.4) is 0 Å². The Hall–Kier alpha value is -0.300. The predicted molar refractivity (Wildman–Crippen MR) is 55.2 cm³/mol. The van der Waals surface area contributed by atoms with Crippen molar-refractivity contribution in [2.75, 3.05) is 5.88 Å². The molecule has 0 saturated heterocycles. The molecular weight excluding hydrogens is 170 g/mol. The average molecular weight is 186 g/mol. The molecule has 0 amide bonds. The summed E-state index contributed by atoms with van der Waals surface area (Å²) in [5, 5.41) is 0. The first-order valence-corrected chi connectivity index (χ1v) is 5.01. The van der Waals surface area contributed by atoms with Crippen molar-refractivity contribution in [3.05, 3.63) is 12.2 Å². The van der Waals surface area contributed by atoms with Crippen LogP contribution in [0.2, 0.25) is 0 Å². The molecule has 1 aliphatic rings. The van der Waals surface area contributed by atoms with Crippen molar-refractivity contribution in [2.45, 2.75) is 32.2 Å². The number of aliphatic imine (C=N–C) groups is 1. The maximum Gasteiger partial charge on any atom is 0.0768 e. The molecule has 0 aromatic carbocycles. The van der Waals surface area contributed by atoms with Crippen molar-refractivity contribution < 1.29 is 0 Å². The molecule has 2 unspecified atom stereocenters. The molecule has 1 saturated carbocycles. The van der Waals surface area contributed by atoms with Gasteiger partial charge in [0.15, 0.2) is 0 Å². The van der Waals surface area contributed by atoms with Gasteiger partial charge in [-0.25, -0.2) is 0 Å². The molecule has 1 nitrogen and oxygen atoms in total. The van der Waals surface area contributed by atoms with Gasteiger partial charge < -0.3 is 0 Å². The zero-order chi connectivity index (χ0) is 9.03. The van der Waals surface area contributed by atoms with Gasteiger partial charge in [0.1, 0.15) is 0 Å². The van der Waals surface area contributed by atoms with E-state index in [2.05, 4.69) is 11.9 Å². The molecule has 2 heteroatoms. The molecule has 0 spiro atoms. The number of allylic oxidation sites excluding steroid dienone is 2. The van der Waals surface area contributed by atoms with Crippen molar-refractivity contribution in [2.24, 2.45) is 10.9 Å². The topological polar surface area (TPSA) is 12.4 Å². The molecular formula is C10H16ClN. The molecule has 0 radical (unpaired) electrons. The Morgan fingerprint density at radius 1 is 1.67 bits per heavy atom. The van der Waals surface area contributed by atoms with Crippen LogP contribution < -0.4 is 0 Å². The van der Waals surface area contributed by atoms with Crippen LogP contribution in [0.4, 0.5) is 0 Å². The molecule has 0 aromatic heterocycles. The molecule has 0 N–H and O–H groups in total. The van der Waals surface area contributed by atoms with Crippen LogP contribution in [0.1, 0.15) is 26.7 Å². The van der Waals surface area contributed by atoms with Gasteiger partial charge in [-0.3, -0.25) is 4.99 Å².